The smallest absolute Gasteiger partial charge is 0.222 e. The van der Waals surface area contributed by atoms with Gasteiger partial charge in [-0.25, -0.2) is 0 Å². The molecule has 0 aromatic heterocycles. The van der Waals surface area contributed by atoms with Gasteiger partial charge in [0.15, 0.2) is 0 Å². The van der Waals surface area contributed by atoms with Crippen LogP contribution in [0.5, 0.6) is 0 Å². The summed E-state index contributed by atoms with van der Waals surface area (Å²) in [6.45, 7) is 5.09. The molecule has 1 amide bonds. The zero-order valence-corrected chi connectivity index (χ0v) is 7.47. The van der Waals surface area contributed by atoms with E-state index in [1.807, 2.05) is 11.8 Å². The van der Waals surface area contributed by atoms with Gasteiger partial charge in [-0.1, -0.05) is 13.8 Å². The Hall–Kier alpha value is -0.530. The number of amides is 1. The quantitative estimate of drug-likeness (QED) is 0.595. The maximum Gasteiger partial charge on any atom is 0.222 e. The summed E-state index contributed by atoms with van der Waals surface area (Å²) in [7, 11) is 0. The van der Waals surface area contributed by atoms with Crippen LogP contribution in [-0.2, 0) is 4.79 Å². The van der Waals surface area contributed by atoms with Crippen LogP contribution in [0.2, 0.25) is 0 Å². The fraction of sp³-hybridized carbons (Fsp3) is 0.889. The third-order valence-corrected chi connectivity index (χ3v) is 2.47. The Kier molecular flexibility index (Phi) is 2.92. The summed E-state index contributed by atoms with van der Waals surface area (Å²) < 4.78 is 0. The van der Waals surface area contributed by atoms with Gasteiger partial charge in [-0.15, -0.1) is 0 Å². The van der Waals surface area contributed by atoms with Crippen LogP contribution in [0.15, 0.2) is 0 Å². The highest BCUT2D eigenvalue weighted by Crippen LogP contribution is 2.20. The van der Waals surface area contributed by atoms with Crippen molar-refractivity contribution in [2.45, 2.75) is 45.6 Å². The highest BCUT2D eigenvalue weighted by Gasteiger charge is 2.25. The molecule has 2 heteroatoms. The molecule has 0 aliphatic carbocycles. The van der Waals surface area contributed by atoms with Gasteiger partial charge in [0.1, 0.15) is 0 Å². The van der Waals surface area contributed by atoms with Crippen LogP contribution in [0.4, 0.5) is 0 Å². The molecule has 0 aromatic rings. The van der Waals surface area contributed by atoms with Crippen molar-refractivity contribution in [1.29, 1.82) is 0 Å². The molecule has 0 spiro atoms. The van der Waals surface area contributed by atoms with E-state index in [1.54, 1.807) is 0 Å². The summed E-state index contributed by atoms with van der Waals surface area (Å²) in [6, 6.07) is 0.544. The number of likely N-dealkylation sites (tertiary alicyclic amines) is 1. The van der Waals surface area contributed by atoms with Crippen molar-refractivity contribution in [2.75, 3.05) is 6.54 Å². The first kappa shape index (κ1) is 8.57. The Balaban J connectivity index is 2.49. The van der Waals surface area contributed by atoms with E-state index >= 15 is 0 Å². The van der Waals surface area contributed by atoms with Gasteiger partial charge in [-0.05, 0) is 19.3 Å². The van der Waals surface area contributed by atoms with E-state index in [0.717, 1.165) is 13.0 Å². The first-order valence-corrected chi connectivity index (χ1v) is 4.59. The van der Waals surface area contributed by atoms with E-state index in [-0.39, 0.29) is 0 Å². The molecular weight excluding hydrogens is 138 g/mol. The van der Waals surface area contributed by atoms with E-state index in [2.05, 4.69) is 6.92 Å². The normalized spacial score (nSPS) is 24.2. The average molecular weight is 155 g/mol. The van der Waals surface area contributed by atoms with Crippen molar-refractivity contribution in [3.8, 4) is 0 Å². The van der Waals surface area contributed by atoms with Crippen molar-refractivity contribution in [3.05, 3.63) is 0 Å². The number of carbonyl (C=O) groups excluding carboxylic acids is 1. The summed E-state index contributed by atoms with van der Waals surface area (Å²) in [4.78, 5) is 13.4. The van der Waals surface area contributed by atoms with Gasteiger partial charge in [0.25, 0.3) is 0 Å². The number of nitrogens with zero attached hydrogens (tertiary/aromatic N) is 1. The van der Waals surface area contributed by atoms with E-state index < -0.39 is 0 Å². The van der Waals surface area contributed by atoms with Crippen molar-refractivity contribution >= 4 is 5.91 Å². The van der Waals surface area contributed by atoms with Crippen molar-refractivity contribution < 1.29 is 4.79 Å². The molecule has 0 bridgehead atoms. The largest absolute Gasteiger partial charge is 0.340 e. The van der Waals surface area contributed by atoms with Crippen LogP contribution in [-0.4, -0.2) is 23.4 Å². The second-order valence-electron chi connectivity index (χ2n) is 3.14. The van der Waals surface area contributed by atoms with Crippen molar-refractivity contribution in [3.63, 3.8) is 0 Å². The monoisotopic (exact) mass is 155 g/mol. The summed E-state index contributed by atoms with van der Waals surface area (Å²) in [5.41, 5.74) is 0. The molecule has 1 aliphatic rings. The SMILES string of the molecule is CCC(=O)N1CCC[C@@H]1CC. The van der Waals surface area contributed by atoms with Gasteiger partial charge in [0.05, 0.1) is 0 Å². The molecular formula is C9H17NO. The average Bonchev–Trinajstić information content (AvgIpc) is 2.50. The Morgan fingerprint density at radius 3 is 2.82 bits per heavy atom. The van der Waals surface area contributed by atoms with Gasteiger partial charge in [0, 0.05) is 19.0 Å². The van der Waals surface area contributed by atoms with E-state index in [0.29, 0.717) is 18.4 Å². The summed E-state index contributed by atoms with van der Waals surface area (Å²) in [6.07, 6.45) is 4.19. The first-order valence-electron chi connectivity index (χ1n) is 4.59. The summed E-state index contributed by atoms with van der Waals surface area (Å²) in [5.74, 6) is 0.328. The molecule has 2 nitrogen and oxygen atoms in total. The van der Waals surface area contributed by atoms with Crippen molar-refractivity contribution in [1.82, 2.24) is 4.90 Å². The lowest BCUT2D eigenvalue weighted by molar-refractivity contribution is -0.131. The molecule has 0 radical (unpaired) electrons. The molecule has 0 unspecified atom stereocenters. The predicted molar refractivity (Wildman–Crippen MR) is 45.3 cm³/mol. The first-order chi connectivity index (χ1) is 5.29. The zero-order chi connectivity index (χ0) is 8.27. The number of hydrogen-bond donors (Lipinski definition) is 0. The van der Waals surface area contributed by atoms with Gasteiger partial charge < -0.3 is 4.90 Å². The summed E-state index contributed by atoms with van der Waals surface area (Å²) >= 11 is 0. The minimum absolute atomic E-state index is 0.328. The molecule has 0 aromatic carbocycles. The Morgan fingerprint density at radius 1 is 1.55 bits per heavy atom. The van der Waals surface area contributed by atoms with Crippen molar-refractivity contribution in [2.24, 2.45) is 0 Å². The maximum absolute atomic E-state index is 11.3. The second-order valence-corrected chi connectivity index (χ2v) is 3.14. The van der Waals surface area contributed by atoms with Gasteiger partial charge in [-0.3, -0.25) is 4.79 Å². The van der Waals surface area contributed by atoms with Crippen LogP contribution in [0.25, 0.3) is 0 Å². The fourth-order valence-electron chi connectivity index (χ4n) is 1.79. The third kappa shape index (κ3) is 1.73. The number of hydrogen-bond acceptors (Lipinski definition) is 1. The minimum Gasteiger partial charge on any atom is -0.340 e. The molecule has 64 valence electrons. The van der Waals surface area contributed by atoms with Crippen LogP contribution in [0.1, 0.15) is 39.5 Å². The third-order valence-electron chi connectivity index (χ3n) is 2.47. The maximum atomic E-state index is 11.3. The van der Waals surface area contributed by atoms with Crippen LogP contribution in [0, 0.1) is 0 Å². The Labute approximate surface area is 68.6 Å². The van der Waals surface area contributed by atoms with Gasteiger partial charge in [0.2, 0.25) is 5.91 Å². The molecule has 1 aliphatic heterocycles. The Bertz CT molecular complexity index is 144. The lowest BCUT2D eigenvalue weighted by Gasteiger charge is -2.22. The van der Waals surface area contributed by atoms with Crippen LogP contribution >= 0.6 is 0 Å². The second kappa shape index (κ2) is 3.74. The van der Waals surface area contributed by atoms with E-state index in [9.17, 15) is 4.79 Å². The van der Waals surface area contributed by atoms with Gasteiger partial charge in [-0.2, -0.15) is 0 Å². The number of rotatable bonds is 2. The van der Waals surface area contributed by atoms with E-state index in [1.165, 1.54) is 12.8 Å². The molecule has 1 fully saturated rings. The predicted octanol–water partition coefficient (Wildman–Crippen LogP) is 1.80. The number of carbonyl (C=O) groups is 1. The standard InChI is InChI=1S/C9H17NO/c1-3-8-6-5-7-10(8)9(11)4-2/h8H,3-7H2,1-2H3/t8-/m0/s1. The molecule has 1 atom stereocenters. The Morgan fingerprint density at radius 2 is 2.27 bits per heavy atom. The zero-order valence-electron chi connectivity index (χ0n) is 7.47. The molecule has 0 saturated carbocycles. The van der Waals surface area contributed by atoms with E-state index in [4.69, 9.17) is 0 Å². The lowest BCUT2D eigenvalue weighted by atomic mass is 10.2. The molecule has 1 saturated heterocycles. The summed E-state index contributed by atoms with van der Waals surface area (Å²) in [5, 5.41) is 0. The minimum atomic E-state index is 0.328. The fourth-order valence-corrected chi connectivity index (χ4v) is 1.79. The lowest BCUT2D eigenvalue weighted by Crippen LogP contribution is -2.34. The van der Waals surface area contributed by atoms with Crippen LogP contribution in [0.3, 0.4) is 0 Å². The van der Waals surface area contributed by atoms with Gasteiger partial charge >= 0.3 is 0 Å². The molecule has 11 heavy (non-hydrogen) atoms. The molecule has 0 N–H and O–H groups in total. The molecule has 1 rings (SSSR count). The topological polar surface area (TPSA) is 20.3 Å². The van der Waals surface area contributed by atoms with Crippen LogP contribution < -0.4 is 0 Å². The molecule has 1 heterocycles. The highest BCUT2D eigenvalue weighted by atomic mass is 16.2. The highest BCUT2D eigenvalue weighted by molar-refractivity contribution is 5.76.